The van der Waals surface area contributed by atoms with E-state index in [1.165, 1.54) is 24.6 Å². The van der Waals surface area contributed by atoms with Crippen LogP contribution in [0, 0.1) is 0 Å². The Labute approximate surface area is 117 Å². The largest absolute Gasteiger partial charge is 0.383 e. The number of carbonyl (C=O) groups is 1. The smallest absolute Gasteiger partial charge is 0.230 e. The molecule has 1 saturated carbocycles. The van der Waals surface area contributed by atoms with Gasteiger partial charge in [-0.05, 0) is 19.8 Å². The molecular weight excluding hydrogens is 264 g/mol. The molecule has 1 heterocycles. The van der Waals surface area contributed by atoms with Gasteiger partial charge in [0, 0.05) is 26.1 Å². The molecule has 1 aromatic rings. The maximum Gasteiger partial charge on any atom is 0.230 e. The van der Waals surface area contributed by atoms with Crippen molar-refractivity contribution in [2.45, 2.75) is 37.4 Å². The van der Waals surface area contributed by atoms with Crippen molar-refractivity contribution < 1.29 is 9.53 Å². The molecule has 106 valence electrons. The SMILES string of the molecule is CCn1c(SCC(=O)NCCOC)nnc1C1CC1. The second-order valence-corrected chi connectivity index (χ2v) is 5.43. The average Bonchev–Trinajstić information content (AvgIpc) is 3.17. The van der Waals surface area contributed by atoms with Crippen molar-refractivity contribution in [2.24, 2.45) is 0 Å². The van der Waals surface area contributed by atoms with Gasteiger partial charge in [0.25, 0.3) is 0 Å². The zero-order chi connectivity index (χ0) is 13.7. The summed E-state index contributed by atoms with van der Waals surface area (Å²) < 4.78 is 7.00. The van der Waals surface area contributed by atoms with Crippen molar-refractivity contribution in [3.63, 3.8) is 0 Å². The van der Waals surface area contributed by atoms with Crippen LogP contribution in [-0.2, 0) is 16.1 Å². The topological polar surface area (TPSA) is 69.0 Å². The first kappa shape index (κ1) is 14.3. The summed E-state index contributed by atoms with van der Waals surface area (Å²) in [5, 5.41) is 12.1. The third kappa shape index (κ3) is 3.94. The van der Waals surface area contributed by atoms with Crippen molar-refractivity contribution in [3.05, 3.63) is 5.82 Å². The van der Waals surface area contributed by atoms with Gasteiger partial charge < -0.3 is 14.6 Å². The van der Waals surface area contributed by atoms with Crippen LogP contribution >= 0.6 is 11.8 Å². The second kappa shape index (κ2) is 6.91. The van der Waals surface area contributed by atoms with Crippen LogP contribution in [0.1, 0.15) is 31.5 Å². The lowest BCUT2D eigenvalue weighted by atomic mass is 10.4. The fraction of sp³-hybridized carbons (Fsp3) is 0.750. The number of hydrogen-bond acceptors (Lipinski definition) is 5. The molecule has 19 heavy (non-hydrogen) atoms. The van der Waals surface area contributed by atoms with Crippen LogP contribution < -0.4 is 5.32 Å². The van der Waals surface area contributed by atoms with Crippen molar-refractivity contribution in [2.75, 3.05) is 26.0 Å². The van der Waals surface area contributed by atoms with Crippen molar-refractivity contribution in [1.82, 2.24) is 20.1 Å². The lowest BCUT2D eigenvalue weighted by Gasteiger charge is -2.06. The van der Waals surface area contributed by atoms with E-state index in [9.17, 15) is 4.79 Å². The Morgan fingerprint density at radius 1 is 1.53 bits per heavy atom. The van der Waals surface area contributed by atoms with Gasteiger partial charge in [0.05, 0.1) is 12.4 Å². The van der Waals surface area contributed by atoms with Crippen LogP contribution in [0.4, 0.5) is 0 Å². The van der Waals surface area contributed by atoms with Crippen molar-refractivity contribution in [3.8, 4) is 0 Å². The molecular formula is C12H20N4O2S. The van der Waals surface area contributed by atoms with Crippen molar-refractivity contribution in [1.29, 1.82) is 0 Å². The van der Waals surface area contributed by atoms with Gasteiger partial charge in [-0.1, -0.05) is 11.8 Å². The molecule has 0 saturated heterocycles. The van der Waals surface area contributed by atoms with Gasteiger partial charge >= 0.3 is 0 Å². The van der Waals surface area contributed by atoms with Gasteiger partial charge in [0.1, 0.15) is 5.82 Å². The molecule has 1 aromatic heterocycles. The number of thioether (sulfide) groups is 1. The molecule has 0 aliphatic heterocycles. The molecule has 0 aromatic carbocycles. The minimum atomic E-state index is 0.000625. The van der Waals surface area contributed by atoms with Crippen LogP contribution in [0.3, 0.4) is 0 Å². The fourth-order valence-electron chi connectivity index (χ4n) is 1.82. The van der Waals surface area contributed by atoms with Crippen molar-refractivity contribution >= 4 is 17.7 Å². The van der Waals surface area contributed by atoms with Gasteiger partial charge in [-0.2, -0.15) is 0 Å². The highest BCUT2D eigenvalue weighted by Gasteiger charge is 2.29. The second-order valence-electron chi connectivity index (χ2n) is 4.49. The standard InChI is InChI=1S/C12H20N4O2S/c1-3-16-11(9-4-5-9)14-15-12(16)19-8-10(17)13-6-7-18-2/h9H,3-8H2,1-2H3,(H,13,17). The molecule has 0 bridgehead atoms. The molecule has 1 aliphatic rings. The minimum Gasteiger partial charge on any atom is -0.383 e. The fourth-order valence-corrected chi connectivity index (χ4v) is 2.66. The van der Waals surface area contributed by atoms with Crippen LogP contribution in [0.5, 0.6) is 0 Å². The van der Waals surface area contributed by atoms with Crippen LogP contribution in [0.2, 0.25) is 0 Å². The van der Waals surface area contributed by atoms with E-state index in [1.54, 1.807) is 7.11 Å². The molecule has 0 radical (unpaired) electrons. The maximum atomic E-state index is 11.6. The Morgan fingerprint density at radius 2 is 2.32 bits per heavy atom. The molecule has 0 spiro atoms. The highest BCUT2D eigenvalue weighted by atomic mass is 32.2. The van der Waals surface area contributed by atoms with Crippen LogP contribution in [0.25, 0.3) is 0 Å². The summed E-state index contributed by atoms with van der Waals surface area (Å²) in [4.78, 5) is 11.6. The van der Waals surface area contributed by atoms with E-state index in [-0.39, 0.29) is 5.91 Å². The summed E-state index contributed by atoms with van der Waals surface area (Å²) in [7, 11) is 1.62. The molecule has 1 amide bonds. The van der Waals surface area contributed by atoms with Gasteiger partial charge in [-0.3, -0.25) is 4.79 Å². The van der Waals surface area contributed by atoms with Gasteiger partial charge in [-0.15, -0.1) is 10.2 Å². The highest BCUT2D eigenvalue weighted by Crippen LogP contribution is 2.39. The normalized spacial score (nSPS) is 14.6. The molecule has 6 nitrogen and oxygen atoms in total. The molecule has 7 heteroatoms. The predicted octanol–water partition coefficient (Wildman–Crippen LogP) is 1.03. The zero-order valence-corrected chi connectivity index (χ0v) is 12.2. The number of hydrogen-bond donors (Lipinski definition) is 1. The highest BCUT2D eigenvalue weighted by molar-refractivity contribution is 7.99. The Kier molecular flexibility index (Phi) is 5.21. The molecule has 1 aliphatic carbocycles. The average molecular weight is 284 g/mol. The Balaban J connectivity index is 1.83. The number of nitrogens with one attached hydrogen (secondary N) is 1. The summed E-state index contributed by atoms with van der Waals surface area (Å²) >= 11 is 1.44. The Bertz CT molecular complexity index is 431. The monoisotopic (exact) mass is 284 g/mol. The first-order valence-electron chi connectivity index (χ1n) is 6.57. The van der Waals surface area contributed by atoms with E-state index in [4.69, 9.17) is 4.74 Å². The number of aromatic nitrogens is 3. The third-order valence-corrected chi connectivity index (χ3v) is 3.93. The maximum absolute atomic E-state index is 11.6. The van der Waals surface area contributed by atoms with Gasteiger partial charge in [-0.25, -0.2) is 0 Å². The third-order valence-electron chi connectivity index (χ3n) is 2.96. The number of amides is 1. The van der Waals surface area contributed by atoms with E-state index >= 15 is 0 Å². The van der Waals surface area contributed by atoms with E-state index in [0.717, 1.165) is 17.5 Å². The van der Waals surface area contributed by atoms with Crippen LogP contribution in [-0.4, -0.2) is 46.7 Å². The van der Waals surface area contributed by atoms with E-state index in [2.05, 4.69) is 27.0 Å². The zero-order valence-electron chi connectivity index (χ0n) is 11.4. The first-order valence-corrected chi connectivity index (χ1v) is 7.56. The molecule has 1 N–H and O–H groups in total. The Morgan fingerprint density at radius 3 is 2.95 bits per heavy atom. The molecule has 2 rings (SSSR count). The Hall–Kier alpha value is -1.08. The van der Waals surface area contributed by atoms with E-state index < -0.39 is 0 Å². The lowest BCUT2D eigenvalue weighted by molar-refractivity contribution is -0.118. The summed E-state index contributed by atoms with van der Waals surface area (Å²) in [5.41, 5.74) is 0. The number of carbonyl (C=O) groups excluding carboxylic acids is 1. The number of nitrogens with zero attached hydrogens (tertiary/aromatic N) is 3. The van der Waals surface area contributed by atoms with E-state index in [0.29, 0.717) is 24.8 Å². The molecule has 0 unspecified atom stereocenters. The molecule has 1 fully saturated rings. The van der Waals surface area contributed by atoms with E-state index in [1.807, 2.05) is 0 Å². The first-order chi connectivity index (χ1) is 9.26. The number of rotatable bonds is 8. The summed E-state index contributed by atoms with van der Waals surface area (Å²) in [6.07, 6.45) is 2.42. The number of methoxy groups -OCH3 is 1. The predicted molar refractivity (Wildman–Crippen MR) is 73.3 cm³/mol. The minimum absolute atomic E-state index is 0.000625. The van der Waals surface area contributed by atoms with Crippen LogP contribution in [0.15, 0.2) is 5.16 Å². The quantitative estimate of drug-likeness (QED) is 0.570. The number of ether oxygens (including phenoxy) is 1. The summed E-state index contributed by atoms with van der Waals surface area (Å²) in [6.45, 7) is 4.02. The summed E-state index contributed by atoms with van der Waals surface area (Å²) in [5.74, 6) is 2.02. The van der Waals surface area contributed by atoms with Gasteiger partial charge in [0.15, 0.2) is 5.16 Å². The molecule has 0 atom stereocenters. The lowest BCUT2D eigenvalue weighted by Crippen LogP contribution is -2.28. The van der Waals surface area contributed by atoms with Gasteiger partial charge in [0.2, 0.25) is 5.91 Å². The summed E-state index contributed by atoms with van der Waals surface area (Å²) in [6, 6.07) is 0.